The Balaban J connectivity index is 1.45. The third-order valence-corrected chi connectivity index (χ3v) is 5.44. The summed E-state index contributed by atoms with van der Waals surface area (Å²) in [6.45, 7) is 7.96. The van der Waals surface area contributed by atoms with Crippen LogP contribution in [0.15, 0.2) is 24.3 Å². The van der Waals surface area contributed by atoms with E-state index in [4.69, 9.17) is 0 Å². The van der Waals surface area contributed by atoms with Crippen LogP contribution in [0, 0.1) is 0 Å². The molecule has 0 spiro atoms. The number of amides is 1. The van der Waals surface area contributed by atoms with E-state index in [1.807, 2.05) is 17.0 Å². The van der Waals surface area contributed by atoms with E-state index < -0.39 is 0 Å². The maximum absolute atomic E-state index is 12.6. The van der Waals surface area contributed by atoms with Gasteiger partial charge in [-0.1, -0.05) is 25.1 Å². The molecular weight excluding hydrogens is 302 g/mol. The summed E-state index contributed by atoms with van der Waals surface area (Å²) in [4.78, 5) is 19.3. The smallest absolute Gasteiger partial charge is 0.228 e. The second-order valence-electron chi connectivity index (χ2n) is 6.80. The highest BCUT2D eigenvalue weighted by Gasteiger charge is 2.26. The summed E-state index contributed by atoms with van der Waals surface area (Å²) < 4.78 is 0. The first kappa shape index (κ1) is 17.4. The Labute approximate surface area is 144 Å². The van der Waals surface area contributed by atoms with Crippen LogP contribution in [0.25, 0.3) is 0 Å². The van der Waals surface area contributed by atoms with Gasteiger partial charge >= 0.3 is 0 Å². The summed E-state index contributed by atoms with van der Waals surface area (Å²) in [5.41, 5.74) is 2.38. The number of fused-ring (bicyclic) bond motifs is 1. The van der Waals surface area contributed by atoms with E-state index in [0.717, 1.165) is 57.8 Å². The van der Waals surface area contributed by atoms with Gasteiger partial charge < -0.3 is 14.9 Å². The van der Waals surface area contributed by atoms with E-state index in [-0.39, 0.29) is 18.6 Å². The van der Waals surface area contributed by atoms with Gasteiger partial charge in [0.1, 0.15) is 0 Å². The zero-order chi connectivity index (χ0) is 16.9. The van der Waals surface area contributed by atoms with Gasteiger partial charge in [0.2, 0.25) is 5.91 Å². The van der Waals surface area contributed by atoms with E-state index in [1.54, 1.807) is 0 Å². The highest BCUT2D eigenvalue weighted by Crippen LogP contribution is 2.27. The van der Waals surface area contributed by atoms with Crippen molar-refractivity contribution in [3.8, 4) is 0 Å². The zero-order valence-electron chi connectivity index (χ0n) is 14.7. The highest BCUT2D eigenvalue weighted by molar-refractivity contribution is 5.95. The summed E-state index contributed by atoms with van der Waals surface area (Å²) in [6.07, 6.45) is 2.55. The number of hydrogen-bond acceptors (Lipinski definition) is 4. The molecule has 0 radical (unpaired) electrons. The molecule has 24 heavy (non-hydrogen) atoms. The van der Waals surface area contributed by atoms with Crippen molar-refractivity contribution in [3.05, 3.63) is 29.8 Å². The molecule has 1 amide bonds. The van der Waals surface area contributed by atoms with E-state index in [1.165, 1.54) is 5.56 Å². The number of anilines is 1. The Hall–Kier alpha value is -1.43. The molecule has 2 aliphatic rings. The van der Waals surface area contributed by atoms with E-state index in [0.29, 0.717) is 6.42 Å². The number of carbonyl (C=O) groups is 1. The van der Waals surface area contributed by atoms with Gasteiger partial charge in [0.15, 0.2) is 0 Å². The van der Waals surface area contributed by atoms with Crippen LogP contribution < -0.4 is 4.90 Å². The Morgan fingerprint density at radius 2 is 1.92 bits per heavy atom. The lowest BCUT2D eigenvalue weighted by molar-refractivity contribution is -0.119. The lowest BCUT2D eigenvalue weighted by atomic mass is 10.1. The monoisotopic (exact) mass is 331 g/mol. The fourth-order valence-electron chi connectivity index (χ4n) is 3.84. The summed E-state index contributed by atoms with van der Waals surface area (Å²) >= 11 is 0. The molecule has 1 aromatic rings. The molecule has 0 aromatic heterocycles. The Bertz CT molecular complexity index is 551. The number of nitrogens with zero attached hydrogens (tertiary/aromatic N) is 3. The number of benzene rings is 1. The first-order chi connectivity index (χ1) is 11.7. The van der Waals surface area contributed by atoms with Gasteiger partial charge in [0.25, 0.3) is 0 Å². The van der Waals surface area contributed by atoms with Gasteiger partial charge in [0, 0.05) is 57.4 Å². The second kappa shape index (κ2) is 8.10. The highest BCUT2D eigenvalue weighted by atomic mass is 16.3. The van der Waals surface area contributed by atoms with Crippen molar-refractivity contribution in [2.24, 2.45) is 0 Å². The lowest BCUT2D eigenvalue weighted by Crippen LogP contribution is -2.51. The quantitative estimate of drug-likeness (QED) is 0.855. The minimum absolute atomic E-state index is 0.239. The predicted octanol–water partition coefficient (Wildman–Crippen LogP) is 1.35. The topological polar surface area (TPSA) is 47.0 Å². The average Bonchev–Trinajstić information content (AvgIpc) is 3.06. The van der Waals surface area contributed by atoms with Crippen molar-refractivity contribution in [3.63, 3.8) is 0 Å². The van der Waals surface area contributed by atoms with Gasteiger partial charge in [-0.15, -0.1) is 0 Å². The normalized spacial score (nSPS) is 20.2. The van der Waals surface area contributed by atoms with Crippen LogP contribution in [-0.4, -0.2) is 72.7 Å². The molecule has 2 heterocycles. The third-order valence-electron chi connectivity index (χ3n) is 5.44. The second-order valence-corrected chi connectivity index (χ2v) is 6.80. The molecule has 1 saturated heterocycles. The lowest BCUT2D eigenvalue weighted by Gasteiger charge is -2.38. The number of para-hydroxylation sites is 1. The van der Waals surface area contributed by atoms with Gasteiger partial charge in [-0.05, 0) is 24.5 Å². The Morgan fingerprint density at radius 3 is 2.62 bits per heavy atom. The summed E-state index contributed by atoms with van der Waals surface area (Å²) in [5.74, 6) is 0.240. The van der Waals surface area contributed by atoms with Crippen molar-refractivity contribution in [2.45, 2.75) is 32.2 Å². The molecule has 1 fully saturated rings. The van der Waals surface area contributed by atoms with Crippen LogP contribution in [0.4, 0.5) is 5.69 Å². The van der Waals surface area contributed by atoms with Crippen LogP contribution >= 0.6 is 0 Å². The molecule has 0 aliphatic carbocycles. The van der Waals surface area contributed by atoms with E-state index in [9.17, 15) is 9.90 Å². The van der Waals surface area contributed by atoms with E-state index >= 15 is 0 Å². The van der Waals surface area contributed by atoms with Crippen molar-refractivity contribution in [2.75, 3.05) is 50.8 Å². The molecule has 1 atom stereocenters. The molecule has 132 valence electrons. The summed E-state index contributed by atoms with van der Waals surface area (Å²) in [7, 11) is 0. The van der Waals surface area contributed by atoms with Crippen LogP contribution in [0.5, 0.6) is 0 Å². The molecule has 0 bridgehead atoms. The minimum atomic E-state index is 0.239. The minimum Gasteiger partial charge on any atom is -0.395 e. The van der Waals surface area contributed by atoms with Crippen molar-refractivity contribution in [1.82, 2.24) is 9.80 Å². The molecule has 0 saturated carbocycles. The van der Waals surface area contributed by atoms with Gasteiger partial charge in [-0.2, -0.15) is 0 Å². The zero-order valence-corrected chi connectivity index (χ0v) is 14.7. The largest absolute Gasteiger partial charge is 0.395 e. The Morgan fingerprint density at radius 1 is 1.17 bits per heavy atom. The maximum Gasteiger partial charge on any atom is 0.228 e. The number of carbonyl (C=O) groups excluding carboxylic acids is 1. The van der Waals surface area contributed by atoms with Gasteiger partial charge in [-0.25, -0.2) is 0 Å². The van der Waals surface area contributed by atoms with Gasteiger partial charge in [0.05, 0.1) is 6.61 Å². The van der Waals surface area contributed by atoms with Crippen molar-refractivity contribution < 1.29 is 9.90 Å². The number of aliphatic hydroxyl groups excluding tert-OH is 1. The van der Waals surface area contributed by atoms with Crippen LogP contribution in [0.2, 0.25) is 0 Å². The van der Waals surface area contributed by atoms with E-state index in [2.05, 4.69) is 28.9 Å². The third kappa shape index (κ3) is 3.79. The van der Waals surface area contributed by atoms with Crippen LogP contribution in [0.3, 0.4) is 0 Å². The van der Waals surface area contributed by atoms with Gasteiger partial charge in [-0.3, -0.25) is 9.69 Å². The van der Waals surface area contributed by atoms with Crippen molar-refractivity contribution in [1.29, 1.82) is 0 Å². The molecule has 2 aliphatic heterocycles. The standard InChI is InChI=1S/C19H29N3O2/c1-2-17(15-23)21-13-11-20(12-14-21)9-8-19(24)22-10-7-16-5-3-4-6-18(16)22/h3-6,17,23H,2,7-15H2,1H3. The molecule has 1 unspecified atom stereocenters. The molecule has 5 nitrogen and oxygen atoms in total. The Kier molecular flexibility index (Phi) is 5.87. The fraction of sp³-hybridized carbons (Fsp3) is 0.632. The molecule has 5 heteroatoms. The molecule has 1 N–H and O–H groups in total. The van der Waals surface area contributed by atoms with Crippen LogP contribution in [0.1, 0.15) is 25.3 Å². The molecule has 3 rings (SSSR count). The SMILES string of the molecule is CCC(CO)N1CCN(CCC(=O)N2CCc3ccccc32)CC1. The summed E-state index contributed by atoms with van der Waals surface area (Å²) in [6, 6.07) is 8.51. The predicted molar refractivity (Wildman–Crippen MR) is 96.3 cm³/mol. The van der Waals surface area contributed by atoms with Crippen LogP contribution in [-0.2, 0) is 11.2 Å². The van der Waals surface area contributed by atoms with Crippen molar-refractivity contribution >= 4 is 11.6 Å². The number of aliphatic hydroxyl groups is 1. The number of rotatable bonds is 6. The molecule has 1 aromatic carbocycles. The first-order valence-electron chi connectivity index (χ1n) is 9.18. The average molecular weight is 331 g/mol. The fourth-order valence-corrected chi connectivity index (χ4v) is 3.84. The number of hydrogen-bond donors (Lipinski definition) is 1. The number of piperazine rings is 1. The first-order valence-corrected chi connectivity index (χ1v) is 9.18. The molecular formula is C19H29N3O2. The summed E-state index contributed by atoms with van der Waals surface area (Å²) in [5, 5.41) is 9.42. The maximum atomic E-state index is 12.6.